The highest BCUT2D eigenvalue weighted by atomic mass is 16.6. The van der Waals surface area contributed by atoms with Gasteiger partial charge in [-0.2, -0.15) is 0 Å². The van der Waals surface area contributed by atoms with Gasteiger partial charge in [0.1, 0.15) is 11.5 Å². The highest BCUT2D eigenvalue weighted by molar-refractivity contribution is 5.32. The van der Waals surface area contributed by atoms with E-state index in [9.17, 15) is 0 Å². The molecule has 0 spiro atoms. The summed E-state index contributed by atoms with van der Waals surface area (Å²) in [5.41, 5.74) is 0. The maximum atomic E-state index is 8.43. The molecule has 0 aliphatic rings. The van der Waals surface area contributed by atoms with Crippen LogP contribution in [0.15, 0.2) is 24.3 Å². The van der Waals surface area contributed by atoms with E-state index < -0.39 is 0 Å². The van der Waals surface area contributed by atoms with Crippen LogP contribution in [-0.4, -0.2) is 23.8 Å². The molecule has 0 aliphatic heterocycles. The van der Waals surface area contributed by atoms with Crippen LogP contribution in [-0.2, 0) is 0 Å². The lowest BCUT2D eigenvalue weighted by Crippen LogP contribution is -1.97. The van der Waals surface area contributed by atoms with Crippen LogP contribution < -0.4 is 9.47 Å². The van der Waals surface area contributed by atoms with Gasteiger partial charge in [0.05, 0.1) is 0 Å². The van der Waals surface area contributed by atoms with E-state index in [1.165, 1.54) is 0 Å². The first-order valence-corrected chi connectivity index (χ1v) is 3.44. The molecule has 1 aromatic carbocycles. The summed E-state index contributed by atoms with van der Waals surface area (Å²) in [6.45, 7) is -0.745. The van der Waals surface area contributed by atoms with Gasteiger partial charge in [0.15, 0.2) is 13.6 Å². The molecule has 1 aromatic rings. The molecule has 0 unspecified atom stereocenters. The van der Waals surface area contributed by atoms with Gasteiger partial charge in [-0.25, -0.2) is 0 Å². The minimum atomic E-state index is -0.372. The Morgan fingerprint density at radius 2 is 1.50 bits per heavy atom. The van der Waals surface area contributed by atoms with Crippen LogP contribution in [0.5, 0.6) is 11.5 Å². The van der Waals surface area contributed by atoms with Crippen LogP contribution in [0.3, 0.4) is 0 Å². The Bertz CT molecular complexity index is 215. The lowest BCUT2D eigenvalue weighted by molar-refractivity contribution is 0.0921. The number of aliphatic hydroxyl groups is 2. The van der Waals surface area contributed by atoms with E-state index in [2.05, 4.69) is 0 Å². The smallest absolute Gasteiger partial charge is 0.186 e. The summed E-state index contributed by atoms with van der Waals surface area (Å²) in [6, 6.07) is 6.64. The summed E-state index contributed by atoms with van der Waals surface area (Å²) in [4.78, 5) is 0. The van der Waals surface area contributed by atoms with Gasteiger partial charge in [-0.15, -0.1) is 0 Å². The largest absolute Gasteiger partial charge is 0.468 e. The summed E-state index contributed by atoms with van der Waals surface area (Å²) in [6.07, 6.45) is 0. The first kappa shape index (κ1) is 8.83. The van der Waals surface area contributed by atoms with E-state index >= 15 is 0 Å². The van der Waals surface area contributed by atoms with E-state index in [0.29, 0.717) is 11.5 Å². The fourth-order valence-corrected chi connectivity index (χ4v) is 0.803. The second-order valence-electron chi connectivity index (χ2n) is 2.02. The highest BCUT2D eigenvalue weighted by Crippen LogP contribution is 2.18. The molecular formula is C8H10O4. The molecule has 1 rings (SSSR count). The Morgan fingerprint density at radius 1 is 1.00 bits per heavy atom. The van der Waals surface area contributed by atoms with E-state index in [0.717, 1.165) is 0 Å². The van der Waals surface area contributed by atoms with Crippen molar-refractivity contribution in [2.75, 3.05) is 13.6 Å². The first-order chi connectivity index (χ1) is 5.86. The molecule has 66 valence electrons. The fourth-order valence-electron chi connectivity index (χ4n) is 0.803. The molecule has 12 heavy (non-hydrogen) atoms. The number of hydrogen-bond donors (Lipinski definition) is 2. The zero-order valence-electron chi connectivity index (χ0n) is 6.43. The van der Waals surface area contributed by atoms with Crippen LogP contribution in [0.1, 0.15) is 0 Å². The molecule has 0 saturated heterocycles. The van der Waals surface area contributed by atoms with Crippen LogP contribution in [0, 0.1) is 0 Å². The molecular weight excluding hydrogens is 160 g/mol. The predicted molar refractivity (Wildman–Crippen MR) is 41.9 cm³/mol. The van der Waals surface area contributed by atoms with E-state index in [1.54, 1.807) is 24.3 Å². The molecule has 0 radical (unpaired) electrons. The molecule has 0 aromatic heterocycles. The van der Waals surface area contributed by atoms with Crippen molar-refractivity contribution in [2.45, 2.75) is 0 Å². The number of aliphatic hydroxyl groups excluding tert-OH is 2. The summed E-state index contributed by atoms with van der Waals surface area (Å²) in [5, 5.41) is 16.9. The topological polar surface area (TPSA) is 58.9 Å². The minimum Gasteiger partial charge on any atom is -0.468 e. The molecule has 4 nitrogen and oxygen atoms in total. The summed E-state index contributed by atoms with van der Waals surface area (Å²) < 4.78 is 9.57. The second kappa shape index (κ2) is 4.58. The van der Waals surface area contributed by atoms with Gasteiger partial charge in [-0.3, -0.25) is 0 Å². The monoisotopic (exact) mass is 170 g/mol. The van der Waals surface area contributed by atoms with Crippen molar-refractivity contribution in [1.82, 2.24) is 0 Å². The predicted octanol–water partition coefficient (Wildman–Crippen LogP) is 0.344. The van der Waals surface area contributed by atoms with Crippen molar-refractivity contribution in [3.63, 3.8) is 0 Å². The fraction of sp³-hybridized carbons (Fsp3) is 0.250. The standard InChI is InChI=1S/C8H10O4/c9-5-11-7-2-1-3-8(4-7)12-6-10/h1-4,9-10H,5-6H2. The van der Waals surface area contributed by atoms with E-state index in [1.807, 2.05) is 0 Å². The van der Waals surface area contributed by atoms with Crippen LogP contribution >= 0.6 is 0 Å². The Morgan fingerprint density at radius 3 is 1.92 bits per heavy atom. The molecule has 0 fully saturated rings. The zero-order chi connectivity index (χ0) is 8.81. The van der Waals surface area contributed by atoms with Gasteiger partial charge in [-0.1, -0.05) is 6.07 Å². The Hall–Kier alpha value is -1.26. The summed E-state index contributed by atoms with van der Waals surface area (Å²) in [5.74, 6) is 1.01. The van der Waals surface area contributed by atoms with E-state index in [-0.39, 0.29) is 13.6 Å². The number of rotatable bonds is 4. The van der Waals surface area contributed by atoms with Crippen molar-refractivity contribution < 1.29 is 19.7 Å². The summed E-state index contributed by atoms with van der Waals surface area (Å²) in [7, 11) is 0. The molecule has 0 saturated carbocycles. The molecule has 0 bridgehead atoms. The minimum absolute atomic E-state index is 0.372. The highest BCUT2D eigenvalue weighted by Gasteiger charge is 1.95. The second-order valence-corrected chi connectivity index (χ2v) is 2.02. The van der Waals surface area contributed by atoms with E-state index in [4.69, 9.17) is 19.7 Å². The SMILES string of the molecule is OCOc1cccc(OCO)c1. The zero-order valence-corrected chi connectivity index (χ0v) is 6.43. The van der Waals surface area contributed by atoms with Gasteiger partial charge in [0.2, 0.25) is 0 Å². The van der Waals surface area contributed by atoms with Crippen LogP contribution in [0.2, 0.25) is 0 Å². The molecule has 0 aliphatic carbocycles. The lowest BCUT2D eigenvalue weighted by atomic mass is 10.3. The van der Waals surface area contributed by atoms with Gasteiger partial charge < -0.3 is 19.7 Å². The van der Waals surface area contributed by atoms with Crippen molar-refractivity contribution in [3.8, 4) is 11.5 Å². The maximum absolute atomic E-state index is 8.43. The Balaban J connectivity index is 2.67. The quantitative estimate of drug-likeness (QED) is 0.640. The maximum Gasteiger partial charge on any atom is 0.186 e. The lowest BCUT2D eigenvalue weighted by Gasteiger charge is -2.04. The molecule has 0 atom stereocenters. The Kier molecular flexibility index (Phi) is 3.37. The number of ether oxygens (including phenoxy) is 2. The molecule has 0 heterocycles. The molecule has 2 N–H and O–H groups in total. The normalized spacial score (nSPS) is 9.50. The number of hydrogen-bond acceptors (Lipinski definition) is 4. The van der Waals surface area contributed by atoms with Gasteiger partial charge in [0.25, 0.3) is 0 Å². The summed E-state index contributed by atoms with van der Waals surface area (Å²) >= 11 is 0. The average Bonchev–Trinajstić information content (AvgIpc) is 2.06. The average molecular weight is 170 g/mol. The van der Waals surface area contributed by atoms with Crippen molar-refractivity contribution in [1.29, 1.82) is 0 Å². The van der Waals surface area contributed by atoms with Crippen molar-refractivity contribution >= 4 is 0 Å². The van der Waals surface area contributed by atoms with Crippen LogP contribution in [0.25, 0.3) is 0 Å². The van der Waals surface area contributed by atoms with Gasteiger partial charge in [0, 0.05) is 6.07 Å². The first-order valence-electron chi connectivity index (χ1n) is 3.44. The Labute approximate surface area is 70.0 Å². The van der Waals surface area contributed by atoms with Gasteiger partial charge >= 0.3 is 0 Å². The van der Waals surface area contributed by atoms with Gasteiger partial charge in [-0.05, 0) is 12.1 Å². The third-order valence-electron chi connectivity index (χ3n) is 1.27. The van der Waals surface area contributed by atoms with Crippen molar-refractivity contribution in [3.05, 3.63) is 24.3 Å². The third kappa shape index (κ3) is 2.41. The van der Waals surface area contributed by atoms with Crippen molar-refractivity contribution in [2.24, 2.45) is 0 Å². The molecule has 0 amide bonds. The molecule has 4 heteroatoms. The van der Waals surface area contributed by atoms with Crippen LogP contribution in [0.4, 0.5) is 0 Å². The third-order valence-corrected chi connectivity index (χ3v) is 1.27. The number of benzene rings is 1.